The molecule has 0 fully saturated rings. The van der Waals surface area contributed by atoms with Gasteiger partial charge in [-0.15, -0.1) is 35.9 Å². The second-order valence-electron chi connectivity index (χ2n) is 13.5. The molecule has 45 heavy (non-hydrogen) atoms. The third-order valence-corrected chi connectivity index (χ3v) is 9.81. The van der Waals surface area contributed by atoms with Crippen LogP contribution in [-0.4, -0.2) is 23.0 Å². The molecule has 235 valence electrons. The average Bonchev–Trinajstić information content (AvgIpc) is 3.37. The topological polar surface area (TPSA) is 51.8 Å². The zero-order valence-corrected chi connectivity index (χ0v) is 31.1. The van der Waals surface area contributed by atoms with Gasteiger partial charge in [0.15, 0.2) is 0 Å². The zero-order chi connectivity index (χ0) is 31.4. The molecule has 0 saturated heterocycles. The van der Waals surface area contributed by atoms with E-state index < -0.39 is 8.07 Å². The summed E-state index contributed by atoms with van der Waals surface area (Å²) in [7, 11) is -1.34. The third-order valence-electron chi connectivity index (χ3n) is 7.74. The predicted molar refractivity (Wildman–Crippen MR) is 187 cm³/mol. The van der Waals surface area contributed by atoms with E-state index in [1.807, 2.05) is 48.8 Å². The smallest absolute Gasteiger partial charge is 0.121 e. The van der Waals surface area contributed by atoms with E-state index in [1.165, 1.54) is 21.9 Å². The number of hydrogen-bond acceptors (Lipinski definition) is 4. The van der Waals surface area contributed by atoms with E-state index in [9.17, 15) is 0 Å². The molecule has 0 unspecified atom stereocenters. The van der Waals surface area contributed by atoms with E-state index in [1.54, 1.807) is 0 Å². The SMILES string of the molecule is CC(C)Cc1cc(-c2[c-]cccc2)ncc1[Si](C)(C)C.Cc1cnc(-c2[c-]ncc3c2oc2ccccc23)cc1CC(C)C.[Ir]. The maximum atomic E-state index is 6.08. The monoisotopic (exact) mass is 790 g/mol. The standard InChI is InChI=1S/C21H19N2O.C18H24NSi.Ir/c1-13(2)8-15-9-19(23-10-14(15)3)18-12-22-11-17-16-6-4-5-7-20(16)24-21(17)18;1-14(2)11-16-12-17(15-9-7-6-8-10-15)19-13-18(16)20(3,4)5;/h4-7,9-11,13H,8H2,1-3H3;6-9,12-14H,11H2,1-5H3;/q2*-1;. The first-order valence-corrected chi connectivity index (χ1v) is 19.1. The van der Waals surface area contributed by atoms with Gasteiger partial charge in [-0.05, 0) is 77.6 Å². The predicted octanol–water partition coefficient (Wildman–Crippen LogP) is 9.64. The summed E-state index contributed by atoms with van der Waals surface area (Å²) in [4.78, 5) is 13.6. The largest absolute Gasteiger partial charge is 0.500 e. The zero-order valence-electron chi connectivity index (χ0n) is 27.7. The molecule has 6 heteroatoms. The van der Waals surface area contributed by atoms with Gasteiger partial charge in [0.25, 0.3) is 0 Å². The van der Waals surface area contributed by atoms with Crippen molar-refractivity contribution in [2.75, 3.05) is 0 Å². The van der Waals surface area contributed by atoms with Crippen LogP contribution >= 0.6 is 0 Å². The van der Waals surface area contributed by atoms with Gasteiger partial charge in [0.2, 0.25) is 0 Å². The van der Waals surface area contributed by atoms with Crippen LogP contribution < -0.4 is 5.19 Å². The molecule has 6 rings (SSSR count). The van der Waals surface area contributed by atoms with E-state index in [0.29, 0.717) is 11.8 Å². The Morgan fingerprint density at radius 3 is 2.13 bits per heavy atom. The Balaban J connectivity index is 0.000000204. The summed E-state index contributed by atoms with van der Waals surface area (Å²) in [6.45, 7) is 18.3. The molecular weight excluding hydrogens is 747 g/mol. The summed E-state index contributed by atoms with van der Waals surface area (Å²) < 4.78 is 6.08. The first-order chi connectivity index (χ1) is 21.0. The van der Waals surface area contributed by atoms with Gasteiger partial charge in [-0.25, -0.2) is 0 Å². The Labute approximate surface area is 283 Å². The van der Waals surface area contributed by atoms with Gasteiger partial charge >= 0.3 is 0 Å². The molecule has 0 aliphatic rings. The maximum Gasteiger partial charge on any atom is 0.121 e. The van der Waals surface area contributed by atoms with E-state index in [2.05, 4.69) is 112 Å². The van der Waals surface area contributed by atoms with Crippen molar-refractivity contribution in [1.29, 1.82) is 0 Å². The minimum absolute atomic E-state index is 0. The molecule has 0 aliphatic carbocycles. The van der Waals surface area contributed by atoms with Crippen LogP contribution in [0.25, 0.3) is 44.5 Å². The van der Waals surface area contributed by atoms with Crippen LogP contribution in [0.1, 0.15) is 44.4 Å². The van der Waals surface area contributed by atoms with Gasteiger partial charge in [0, 0.05) is 37.9 Å². The Kier molecular flexibility index (Phi) is 11.3. The van der Waals surface area contributed by atoms with Crippen LogP contribution in [0.5, 0.6) is 0 Å². The van der Waals surface area contributed by atoms with Gasteiger partial charge in [-0.1, -0.05) is 94.4 Å². The van der Waals surface area contributed by atoms with E-state index in [-0.39, 0.29) is 20.1 Å². The number of benzene rings is 2. The Morgan fingerprint density at radius 1 is 0.778 bits per heavy atom. The Morgan fingerprint density at radius 2 is 1.44 bits per heavy atom. The number of aryl methyl sites for hydroxylation is 1. The first-order valence-electron chi connectivity index (χ1n) is 15.6. The molecule has 0 saturated carbocycles. The minimum atomic E-state index is -1.34. The van der Waals surface area contributed by atoms with Gasteiger partial charge in [0.05, 0.1) is 13.7 Å². The number of pyridine rings is 3. The summed E-state index contributed by atoms with van der Waals surface area (Å²) in [5.74, 6) is 1.27. The number of rotatable bonds is 7. The van der Waals surface area contributed by atoms with Crippen molar-refractivity contribution in [3.05, 3.63) is 108 Å². The summed E-state index contributed by atoms with van der Waals surface area (Å²) >= 11 is 0. The van der Waals surface area contributed by atoms with Crippen LogP contribution in [0.4, 0.5) is 0 Å². The second-order valence-corrected chi connectivity index (χ2v) is 18.6. The normalized spacial score (nSPS) is 11.5. The number of nitrogens with zero attached hydrogens (tertiary/aromatic N) is 3. The van der Waals surface area contributed by atoms with Crippen LogP contribution in [0, 0.1) is 31.0 Å². The van der Waals surface area contributed by atoms with Crippen molar-refractivity contribution in [2.45, 2.75) is 67.1 Å². The fourth-order valence-electron chi connectivity index (χ4n) is 5.61. The van der Waals surface area contributed by atoms with Crippen molar-refractivity contribution in [3.8, 4) is 22.5 Å². The number of fused-ring (bicyclic) bond motifs is 3. The van der Waals surface area contributed by atoms with E-state index in [4.69, 9.17) is 4.42 Å². The molecule has 0 spiro atoms. The molecule has 6 aromatic rings. The van der Waals surface area contributed by atoms with Crippen molar-refractivity contribution < 1.29 is 24.5 Å². The summed E-state index contributed by atoms with van der Waals surface area (Å²) in [6, 6.07) is 23.8. The Hall–Kier alpha value is -3.44. The fourth-order valence-corrected chi connectivity index (χ4v) is 7.20. The quantitative estimate of drug-likeness (QED) is 0.120. The average molecular weight is 790 g/mol. The molecule has 0 bridgehead atoms. The van der Waals surface area contributed by atoms with Crippen LogP contribution in [0.2, 0.25) is 19.6 Å². The van der Waals surface area contributed by atoms with Gasteiger partial charge in [-0.2, -0.15) is 0 Å². The van der Waals surface area contributed by atoms with Crippen LogP contribution in [0.15, 0.2) is 83.7 Å². The number of para-hydroxylation sites is 1. The minimum Gasteiger partial charge on any atom is -0.500 e. The molecule has 0 N–H and O–H groups in total. The Bertz CT molecular complexity index is 1870. The van der Waals surface area contributed by atoms with Crippen molar-refractivity contribution in [3.63, 3.8) is 0 Å². The van der Waals surface area contributed by atoms with Gasteiger partial charge in [0.1, 0.15) is 5.58 Å². The van der Waals surface area contributed by atoms with Crippen molar-refractivity contribution in [2.24, 2.45) is 11.8 Å². The molecule has 2 aromatic carbocycles. The molecule has 1 radical (unpaired) electrons. The summed E-state index contributed by atoms with van der Waals surface area (Å²) in [6.07, 6.45) is 11.1. The second kappa shape index (κ2) is 14.8. The molecule has 0 atom stereocenters. The molecule has 4 nitrogen and oxygen atoms in total. The molecule has 4 heterocycles. The number of furan rings is 1. The molecule has 0 aliphatic heterocycles. The number of aromatic nitrogens is 3. The first kappa shape index (κ1) is 34.4. The van der Waals surface area contributed by atoms with Gasteiger partial charge < -0.3 is 19.4 Å². The molecule has 4 aromatic heterocycles. The summed E-state index contributed by atoms with van der Waals surface area (Å²) in [5.41, 5.74) is 9.50. The third kappa shape index (κ3) is 8.24. The van der Waals surface area contributed by atoms with Gasteiger partial charge in [-0.3, -0.25) is 0 Å². The summed E-state index contributed by atoms with van der Waals surface area (Å²) in [5, 5.41) is 3.57. The van der Waals surface area contributed by atoms with E-state index in [0.717, 1.165) is 57.3 Å². The van der Waals surface area contributed by atoms with Crippen molar-refractivity contribution >= 4 is 35.2 Å². The molecular formula is C39H43IrN3OSi-2. The number of hydrogen-bond donors (Lipinski definition) is 0. The van der Waals surface area contributed by atoms with Crippen molar-refractivity contribution in [1.82, 2.24) is 15.0 Å². The van der Waals surface area contributed by atoms with Crippen LogP contribution in [-0.2, 0) is 32.9 Å². The fraction of sp³-hybridized carbons (Fsp3) is 0.308. The maximum absolute atomic E-state index is 6.08. The van der Waals surface area contributed by atoms with E-state index >= 15 is 0 Å². The molecule has 0 amide bonds. The van der Waals surface area contributed by atoms with Crippen LogP contribution in [0.3, 0.4) is 0 Å².